The number of aromatic amines is 1. The van der Waals surface area contributed by atoms with E-state index in [9.17, 15) is 14.9 Å². The Balaban J connectivity index is 0.00000192. The van der Waals surface area contributed by atoms with E-state index in [1.807, 2.05) is 12.1 Å². The van der Waals surface area contributed by atoms with Crippen molar-refractivity contribution in [2.45, 2.75) is 6.04 Å². The number of amides is 1. The van der Waals surface area contributed by atoms with Gasteiger partial charge in [0.05, 0.1) is 6.04 Å². The van der Waals surface area contributed by atoms with E-state index in [1.165, 1.54) is 12.1 Å². The van der Waals surface area contributed by atoms with Crippen molar-refractivity contribution in [3.8, 4) is 0 Å². The number of nitrogens with zero attached hydrogens (tertiary/aromatic N) is 3. The lowest BCUT2D eigenvalue weighted by molar-refractivity contribution is -0.389. The Morgan fingerprint density at radius 1 is 1.39 bits per heavy atom. The lowest BCUT2D eigenvalue weighted by atomic mass is 10.0. The van der Waals surface area contributed by atoms with Crippen LogP contribution in [0.5, 0.6) is 0 Å². The largest absolute Gasteiger partial charge is 0.358 e. The predicted octanol–water partition coefficient (Wildman–Crippen LogP) is 1.53. The molecule has 23 heavy (non-hydrogen) atoms. The summed E-state index contributed by atoms with van der Waals surface area (Å²) in [6, 6.07) is 6.35. The van der Waals surface area contributed by atoms with E-state index in [0.717, 1.165) is 5.56 Å². The summed E-state index contributed by atoms with van der Waals surface area (Å²) in [6.45, 7) is 1.84. The molecular weight excluding hydrogens is 322 g/mol. The summed E-state index contributed by atoms with van der Waals surface area (Å²) in [5, 5.41) is 14.0. The molecule has 2 aromatic heterocycles. The van der Waals surface area contributed by atoms with Gasteiger partial charge in [0, 0.05) is 38.1 Å². The number of pyridine rings is 1. The third kappa shape index (κ3) is 3.49. The lowest BCUT2D eigenvalue weighted by Crippen LogP contribution is -2.48. The number of hydrogen-bond donors (Lipinski definition) is 2. The quantitative estimate of drug-likeness (QED) is 0.653. The molecule has 8 nitrogen and oxygen atoms in total. The summed E-state index contributed by atoms with van der Waals surface area (Å²) < 4.78 is 0. The highest BCUT2D eigenvalue weighted by Crippen LogP contribution is 2.24. The summed E-state index contributed by atoms with van der Waals surface area (Å²) in [4.78, 5) is 31.2. The molecule has 0 aliphatic carbocycles. The smallest absolute Gasteiger partial charge is 0.321 e. The summed E-state index contributed by atoms with van der Waals surface area (Å²) in [5.41, 5.74) is 1.16. The van der Waals surface area contributed by atoms with Crippen molar-refractivity contribution in [1.82, 2.24) is 20.2 Å². The van der Waals surface area contributed by atoms with E-state index in [1.54, 1.807) is 17.3 Å². The molecule has 3 heterocycles. The average molecular weight is 338 g/mol. The second kappa shape index (κ2) is 7.21. The molecule has 1 amide bonds. The van der Waals surface area contributed by atoms with E-state index in [-0.39, 0.29) is 35.9 Å². The van der Waals surface area contributed by atoms with Gasteiger partial charge in [-0.3, -0.25) is 9.78 Å². The highest BCUT2D eigenvalue weighted by atomic mass is 35.5. The maximum atomic E-state index is 12.6. The average Bonchev–Trinajstić information content (AvgIpc) is 3.05. The first-order valence-electron chi connectivity index (χ1n) is 6.92. The van der Waals surface area contributed by atoms with Gasteiger partial charge in [-0.2, -0.15) is 0 Å². The number of piperazine rings is 1. The standard InChI is InChI=1S/C14H15N5O3.ClH/c20-14(11-3-4-13(17-11)19(21)22)18-7-6-16-9-12(18)10-2-1-5-15-8-10;/h1-5,8,12,16-17H,6-7,9H2;1H. The molecule has 2 N–H and O–H groups in total. The van der Waals surface area contributed by atoms with Gasteiger partial charge in [0.2, 0.25) is 0 Å². The fourth-order valence-corrected chi connectivity index (χ4v) is 2.59. The molecule has 0 aromatic carbocycles. The summed E-state index contributed by atoms with van der Waals surface area (Å²) >= 11 is 0. The second-order valence-electron chi connectivity index (χ2n) is 5.02. The molecule has 3 rings (SSSR count). The van der Waals surface area contributed by atoms with Crippen LogP contribution in [0.2, 0.25) is 0 Å². The Bertz CT molecular complexity index is 691. The Morgan fingerprint density at radius 2 is 2.22 bits per heavy atom. The van der Waals surface area contributed by atoms with Gasteiger partial charge in [0.25, 0.3) is 5.91 Å². The van der Waals surface area contributed by atoms with Crippen LogP contribution in [0, 0.1) is 10.1 Å². The zero-order valence-corrected chi connectivity index (χ0v) is 13.0. The third-order valence-electron chi connectivity index (χ3n) is 3.67. The van der Waals surface area contributed by atoms with Crippen molar-refractivity contribution in [3.05, 3.63) is 58.0 Å². The molecule has 1 saturated heterocycles. The van der Waals surface area contributed by atoms with Gasteiger partial charge < -0.3 is 20.3 Å². The molecule has 1 aliphatic heterocycles. The Hall–Kier alpha value is -2.45. The lowest BCUT2D eigenvalue weighted by Gasteiger charge is -2.35. The van der Waals surface area contributed by atoms with Crippen LogP contribution < -0.4 is 5.32 Å². The van der Waals surface area contributed by atoms with Gasteiger partial charge >= 0.3 is 5.82 Å². The van der Waals surface area contributed by atoms with Crippen molar-refractivity contribution >= 4 is 24.1 Å². The van der Waals surface area contributed by atoms with Gasteiger partial charge in [-0.25, -0.2) is 4.98 Å². The number of rotatable bonds is 3. The molecule has 2 aromatic rings. The highest BCUT2D eigenvalue weighted by molar-refractivity contribution is 5.93. The molecule has 1 unspecified atom stereocenters. The number of H-pyrrole nitrogens is 1. The van der Waals surface area contributed by atoms with Crippen LogP contribution in [-0.2, 0) is 0 Å². The number of nitrogens with one attached hydrogen (secondary N) is 2. The molecule has 122 valence electrons. The van der Waals surface area contributed by atoms with E-state index in [4.69, 9.17) is 0 Å². The molecule has 0 radical (unpaired) electrons. The van der Waals surface area contributed by atoms with Crippen LogP contribution in [0.3, 0.4) is 0 Å². The molecule has 9 heteroatoms. The first kappa shape index (κ1) is 16.9. The van der Waals surface area contributed by atoms with Crippen molar-refractivity contribution in [1.29, 1.82) is 0 Å². The van der Waals surface area contributed by atoms with E-state index >= 15 is 0 Å². The normalized spacial score (nSPS) is 17.4. The van der Waals surface area contributed by atoms with Gasteiger partial charge in [-0.15, -0.1) is 12.4 Å². The number of carbonyl (C=O) groups is 1. The predicted molar refractivity (Wildman–Crippen MR) is 85.6 cm³/mol. The van der Waals surface area contributed by atoms with Crippen molar-refractivity contribution in [2.24, 2.45) is 0 Å². The van der Waals surface area contributed by atoms with Crippen LogP contribution >= 0.6 is 12.4 Å². The number of carbonyl (C=O) groups excluding carboxylic acids is 1. The van der Waals surface area contributed by atoms with Crippen LogP contribution in [0.4, 0.5) is 5.82 Å². The molecule has 1 atom stereocenters. The minimum absolute atomic E-state index is 0. The number of hydrogen-bond acceptors (Lipinski definition) is 5. The number of aromatic nitrogens is 2. The van der Waals surface area contributed by atoms with Gasteiger partial charge in [0.15, 0.2) is 5.69 Å². The number of nitro groups is 1. The Kier molecular flexibility index (Phi) is 5.30. The monoisotopic (exact) mass is 337 g/mol. The van der Waals surface area contributed by atoms with E-state index < -0.39 is 4.92 Å². The SMILES string of the molecule is Cl.O=C(c1ccc([N+](=O)[O-])[nH]1)N1CCNCC1c1cccnc1. The zero-order valence-electron chi connectivity index (χ0n) is 12.1. The maximum absolute atomic E-state index is 12.6. The van der Waals surface area contributed by atoms with E-state index in [2.05, 4.69) is 15.3 Å². The fraction of sp³-hybridized carbons (Fsp3) is 0.286. The molecule has 0 bridgehead atoms. The number of halogens is 1. The maximum Gasteiger partial charge on any atom is 0.321 e. The van der Waals surface area contributed by atoms with Crippen molar-refractivity contribution < 1.29 is 9.72 Å². The Morgan fingerprint density at radius 3 is 2.87 bits per heavy atom. The summed E-state index contributed by atoms with van der Waals surface area (Å²) in [6.07, 6.45) is 3.41. The third-order valence-corrected chi connectivity index (χ3v) is 3.67. The molecule has 1 aliphatic rings. The van der Waals surface area contributed by atoms with Gasteiger partial charge in [-0.1, -0.05) is 6.07 Å². The fourth-order valence-electron chi connectivity index (χ4n) is 2.59. The topological polar surface area (TPSA) is 104 Å². The van der Waals surface area contributed by atoms with Crippen molar-refractivity contribution in [2.75, 3.05) is 19.6 Å². The van der Waals surface area contributed by atoms with Crippen LogP contribution in [-0.4, -0.2) is 45.3 Å². The summed E-state index contributed by atoms with van der Waals surface area (Å²) in [7, 11) is 0. The van der Waals surface area contributed by atoms with E-state index in [0.29, 0.717) is 19.6 Å². The second-order valence-corrected chi connectivity index (χ2v) is 5.02. The van der Waals surface area contributed by atoms with Crippen LogP contribution in [0.1, 0.15) is 22.1 Å². The first-order chi connectivity index (χ1) is 10.7. The summed E-state index contributed by atoms with van der Waals surface area (Å²) in [5.74, 6) is -0.431. The minimum atomic E-state index is -0.548. The molecule has 0 spiro atoms. The molecular formula is C14H16ClN5O3. The molecule has 1 fully saturated rings. The first-order valence-corrected chi connectivity index (χ1v) is 6.92. The zero-order chi connectivity index (χ0) is 15.5. The molecule has 0 saturated carbocycles. The van der Waals surface area contributed by atoms with Gasteiger partial charge in [0.1, 0.15) is 0 Å². The van der Waals surface area contributed by atoms with Crippen LogP contribution in [0.15, 0.2) is 36.7 Å². The highest BCUT2D eigenvalue weighted by Gasteiger charge is 2.31. The van der Waals surface area contributed by atoms with Crippen LogP contribution in [0.25, 0.3) is 0 Å². The minimum Gasteiger partial charge on any atom is -0.358 e. The Labute approximate surface area is 138 Å². The van der Waals surface area contributed by atoms with Crippen molar-refractivity contribution in [3.63, 3.8) is 0 Å². The van der Waals surface area contributed by atoms with Gasteiger partial charge in [-0.05, 0) is 22.6 Å².